The second-order valence-corrected chi connectivity index (χ2v) is 4.36. The summed E-state index contributed by atoms with van der Waals surface area (Å²) in [6.07, 6.45) is 4.80. The molecule has 1 aromatic carbocycles. The molecule has 0 radical (unpaired) electrons. The topological polar surface area (TPSA) is 66.3 Å². The molecule has 0 fully saturated rings. The molecule has 0 aliphatic carbocycles. The van der Waals surface area contributed by atoms with Crippen molar-refractivity contribution in [2.45, 2.75) is 13.5 Å². The Morgan fingerprint density at radius 3 is 2.79 bits per heavy atom. The van der Waals surface area contributed by atoms with Crippen LogP contribution in [0.1, 0.15) is 21.6 Å². The highest BCUT2D eigenvalue weighted by molar-refractivity contribution is 5.94. The van der Waals surface area contributed by atoms with Crippen molar-refractivity contribution in [3.05, 3.63) is 53.6 Å². The van der Waals surface area contributed by atoms with Gasteiger partial charge in [-0.25, -0.2) is 0 Å². The van der Waals surface area contributed by atoms with E-state index in [4.69, 9.17) is 0 Å². The lowest BCUT2D eigenvalue weighted by Crippen LogP contribution is -2.26. The molecule has 0 aliphatic heterocycles. The van der Waals surface area contributed by atoms with Crippen molar-refractivity contribution >= 4 is 5.91 Å². The van der Waals surface area contributed by atoms with Crippen LogP contribution in [0, 0.1) is 6.92 Å². The molecule has 0 unspecified atom stereocenters. The Bertz CT molecular complexity index is 584. The van der Waals surface area contributed by atoms with E-state index in [-0.39, 0.29) is 11.7 Å². The molecule has 1 amide bonds. The van der Waals surface area contributed by atoms with Crippen molar-refractivity contribution in [3.8, 4) is 5.75 Å². The highest BCUT2D eigenvalue weighted by atomic mass is 16.3. The van der Waals surface area contributed by atoms with Crippen molar-refractivity contribution in [2.75, 3.05) is 7.05 Å². The van der Waals surface area contributed by atoms with Crippen molar-refractivity contribution in [2.24, 2.45) is 0 Å². The number of carbonyl (C=O) groups excluding carboxylic acids is 1. The Morgan fingerprint density at radius 2 is 2.16 bits per heavy atom. The summed E-state index contributed by atoms with van der Waals surface area (Å²) in [6.45, 7) is 2.16. The minimum absolute atomic E-state index is 0.124. The van der Waals surface area contributed by atoms with Crippen LogP contribution in [0.15, 0.2) is 36.8 Å². The van der Waals surface area contributed by atoms with E-state index in [9.17, 15) is 9.90 Å². The maximum atomic E-state index is 12.2. The van der Waals surface area contributed by atoms with E-state index in [1.807, 2.05) is 0 Å². The minimum Gasteiger partial charge on any atom is -0.508 e. The smallest absolute Gasteiger partial charge is 0.254 e. The molecule has 1 N–H and O–H groups in total. The molecule has 98 valence electrons. The van der Waals surface area contributed by atoms with Gasteiger partial charge in [0.15, 0.2) is 0 Å². The van der Waals surface area contributed by atoms with Crippen molar-refractivity contribution < 1.29 is 9.90 Å². The predicted octanol–water partition coefficient (Wildman–Crippen LogP) is 1.76. The average molecular weight is 257 g/mol. The molecule has 0 spiro atoms. The molecule has 1 aromatic heterocycles. The Hall–Kier alpha value is -2.43. The summed E-state index contributed by atoms with van der Waals surface area (Å²) in [5.74, 6) is -0.0419. The van der Waals surface area contributed by atoms with E-state index in [1.165, 1.54) is 11.0 Å². The molecule has 0 aliphatic rings. The zero-order chi connectivity index (χ0) is 13.8. The second-order valence-electron chi connectivity index (χ2n) is 4.36. The first kappa shape index (κ1) is 13.0. The van der Waals surface area contributed by atoms with Gasteiger partial charge < -0.3 is 10.0 Å². The van der Waals surface area contributed by atoms with Crippen LogP contribution in [0.2, 0.25) is 0 Å². The van der Waals surface area contributed by atoms with Crippen molar-refractivity contribution in [1.82, 2.24) is 14.9 Å². The third-order valence-corrected chi connectivity index (χ3v) is 2.82. The Kier molecular flexibility index (Phi) is 3.75. The van der Waals surface area contributed by atoms with Crippen LogP contribution < -0.4 is 0 Å². The maximum absolute atomic E-state index is 12.2. The molecule has 5 heteroatoms. The van der Waals surface area contributed by atoms with Gasteiger partial charge in [0.05, 0.1) is 18.4 Å². The lowest BCUT2D eigenvalue weighted by atomic mass is 10.1. The van der Waals surface area contributed by atoms with E-state index in [0.29, 0.717) is 12.1 Å². The monoisotopic (exact) mass is 257 g/mol. The number of amides is 1. The number of aromatic nitrogens is 2. The number of benzene rings is 1. The van der Waals surface area contributed by atoms with Crippen LogP contribution in [-0.4, -0.2) is 32.9 Å². The van der Waals surface area contributed by atoms with Gasteiger partial charge in [0.1, 0.15) is 5.75 Å². The summed E-state index contributed by atoms with van der Waals surface area (Å²) in [5, 5.41) is 9.63. The van der Waals surface area contributed by atoms with Gasteiger partial charge in [-0.3, -0.25) is 14.8 Å². The Labute approximate surface area is 111 Å². The molecular weight excluding hydrogens is 242 g/mol. The second kappa shape index (κ2) is 5.48. The molecule has 2 aromatic rings. The van der Waals surface area contributed by atoms with Crippen molar-refractivity contribution in [3.63, 3.8) is 0 Å². The van der Waals surface area contributed by atoms with Crippen LogP contribution in [0.25, 0.3) is 0 Å². The van der Waals surface area contributed by atoms with Gasteiger partial charge in [0, 0.05) is 25.0 Å². The quantitative estimate of drug-likeness (QED) is 0.910. The van der Waals surface area contributed by atoms with Gasteiger partial charge in [-0.1, -0.05) is 6.07 Å². The van der Waals surface area contributed by atoms with Gasteiger partial charge in [-0.05, 0) is 24.6 Å². The Morgan fingerprint density at radius 1 is 1.37 bits per heavy atom. The molecule has 2 rings (SSSR count). The highest BCUT2D eigenvalue weighted by Gasteiger charge is 2.13. The molecule has 0 bridgehead atoms. The third-order valence-electron chi connectivity index (χ3n) is 2.82. The lowest BCUT2D eigenvalue weighted by Gasteiger charge is -2.16. The van der Waals surface area contributed by atoms with Gasteiger partial charge >= 0.3 is 0 Å². The van der Waals surface area contributed by atoms with E-state index < -0.39 is 0 Å². The van der Waals surface area contributed by atoms with Gasteiger partial charge in [-0.2, -0.15) is 0 Å². The van der Waals surface area contributed by atoms with Crippen molar-refractivity contribution in [1.29, 1.82) is 0 Å². The standard InChI is InChI=1S/C14H15N3O2/c1-10-3-4-11(7-13(10)18)14(19)17(2)9-12-8-15-5-6-16-12/h3-8,18H,9H2,1-2H3. The van der Waals surface area contributed by atoms with E-state index >= 15 is 0 Å². The summed E-state index contributed by atoms with van der Waals surface area (Å²) >= 11 is 0. The molecule has 0 atom stereocenters. The first-order valence-electron chi connectivity index (χ1n) is 5.88. The first-order chi connectivity index (χ1) is 9.08. The zero-order valence-corrected chi connectivity index (χ0v) is 10.9. The fraction of sp³-hybridized carbons (Fsp3) is 0.214. The fourth-order valence-corrected chi connectivity index (χ4v) is 1.69. The van der Waals surface area contributed by atoms with Gasteiger partial charge in [0.2, 0.25) is 0 Å². The largest absolute Gasteiger partial charge is 0.508 e. The average Bonchev–Trinajstić information content (AvgIpc) is 2.42. The zero-order valence-electron chi connectivity index (χ0n) is 10.9. The van der Waals surface area contributed by atoms with Gasteiger partial charge in [0.25, 0.3) is 5.91 Å². The summed E-state index contributed by atoms with van der Waals surface area (Å²) in [5.41, 5.74) is 1.91. The number of carbonyl (C=O) groups is 1. The predicted molar refractivity (Wildman–Crippen MR) is 70.7 cm³/mol. The number of hydrogen-bond donors (Lipinski definition) is 1. The number of phenols is 1. The van der Waals surface area contributed by atoms with Crippen LogP contribution >= 0.6 is 0 Å². The van der Waals surface area contributed by atoms with E-state index in [0.717, 1.165) is 11.3 Å². The summed E-state index contributed by atoms with van der Waals surface area (Å²) < 4.78 is 0. The molecule has 0 saturated heterocycles. The lowest BCUT2D eigenvalue weighted by molar-refractivity contribution is 0.0783. The van der Waals surface area contributed by atoms with E-state index in [1.54, 1.807) is 44.7 Å². The normalized spacial score (nSPS) is 10.2. The first-order valence-corrected chi connectivity index (χ1v) is 5.88. The molecule has 1 heterocycles. The number of hydrogen-bond acceptors (Lipinski definition) is 4. The molecular formula is C14H15N3O2. The third kappa shape index (κ3) is 3.07. The number of aromatic hydroxyl groups is 1. The SMILES string of the molecule is Cc1ccc(C(=O)N(C)Cc2cnccn2)cc1O. The van der Waals surface area contributed by atoms with Crippen LogP contribution in [0.3, 0.4) is 0 Å². The maximum Gasteiger partial charge on any atom is 0.254 e. The fourth-order valence-electron chi connectivity index (χ4n) is 1.69. The minimum atomic E-state index is -0.166. The summed E-state index contributed by atoms with van der Waals surface area (Å²) in [4.78, 5) is 21.8. The van der Waals surface area contributed by atoms with E-state index in [2.05, 4.69) is 9.97 Å². The number of rotatable bonds is 3. The summed E-state index contributed by atoms with van der Waals surface area (Å²) in [6, 6.07) is 4.90. The van der Waals surface area contributed by atoms with Crippen LogP contribution in [0.5, 0.6) is 5.75 Å². The highest BCUT2D eigenvalue weighted by Crippen LogP contribution is 2.18. The molecule has 19 heavy (non-hydrogen) atoms. The Balaban J connectivity index is 2.12. The number of aryl methyl sites for hydroxylation is 1. The van der Waals surface area contributed by atoms with Crippen LogP contribution in [-0.2, 0) is 6.54 Å². The van der Waals surface area contributed by atoms with Crippen LogP contribution in [0.4, 0.5) is 0 Å². The molecule has 0 saturated carbocycles. The number of phenolic OH excluding ortho intramolecular Hbond substituents is 1. The number of nitrogens with zero attached hydrogens (tertiary/aromatic N) is 3. The summed E-state index contributed by atoms with van der Waals surface area (Å²) in [7, 11) is 1.69. The molecule has 5 nitrogen and oxygen atoms in total. The van der Waals surface area contributed by atoms with Gasteiger partial charge in [-0.15, -0.1) is 0 Å².